The molecule has 2 aromatic rings. The molecule has 0 saturated heterocycles. The average molecular weight is 283 g/mol. The third kappa shape index (κ3) is 4.16. The van der Waals surface area contributed by atoms with Crippen molar-refractivity contribution in [3.8, 4) is 0 Å². The van der Waals surface area contributed by atoms with Gasteiger partial charge in [0.1, 0.15) is 6.10 Å². The molecule has 0 bridgehead atoms. The maximum absolute atomic E-state index is 6.25. The number of hydrogen-bond acceptors (Lipinski definition) is 2. The molecule has 0 spiro atoms. The number of likely N-dealkylation sites (N-methyl/N-ethyl adjacent to an activating group) is 1. The van der Waals surface area contributed by atoms with Gasteiger partial charge in [0.25, 0.3) is 0 Å². The van der Waals surface area contributed by atoms with Crippen LogP contribution in [0, 0.1) is 13.8 Å². The number of benzene rings is 2. The van der Waals surface area contributed by atoms with Crippen molar-refractivity contribution in [3.63, 3.8) is 0 Å². The molecule has 0 radical (unpaired) electrons. The fourth-order valence-corrected chi connectivity index (χ4v) is 2.57. The Hall–Kier alpha value is -1.64. The van der Waals surface area contributed by atoms with E-state index in [-0.39, 0.29) is 6.10 Å². The summed E-state index contributed by atoms with van der Waals surface area (Å²) in [4.78, 5) is 2.15. The molecule has 0 amide bonds. The highest BCUT2D eigenvalue weighted by molar-refractivity contribution is 5.40. The third-order valence-corrected chi connectivity index (χ3v) is 3.73. The van der Waals surface area contributed by atoms with Crippen LogP contribution in [-0.2, 0) is 4.74 Å². The molecule has 0 aliphatic heterocycles. The highest BCUT2D eigenvalue weighted by Gasteiger charge is 2.18. The summed E-state index contributed by atoms with van der Waals surface area (Å²) < 4.78 is 6.25. The highest BCUT2D eigenvalue weighted by atomic mass is 16.5. The first-order chi connectivity index (χ1) is 10.1. The standard InChI is InChI=1S/C19H25NO/c1-15-9-8-10-16(2)18(15)19(21-14-13-20(3)4)17-11-6-5-7-12-17/h5-12,19H,13-14H2,1-4H3/t19-/m1/s1. The van der Waals surface area contributed by atoms with Gasteiger partial charge in [0.15, 0.2) is 0 Å². The second kappa shape index (κ2) is 7.39. The molecule has 0 fully saturated rings. The summed E-state index contributed by atoms with van der Waals surface area (Å²) in [6.45, 7) is 5.97. The van der Waals surface area contributed by atoms with Gasteiger partial charge in [-0.25, -0.2) is 0 Å². The van der Waals surface area contributed by atoms with Crippen molar-refractivity contribution in [2.45, 2.75) is 20.0 Å². The Labute approximate surface area is 128 Å². The van der Waals surface area contributed by atoms with E-state index in [1.54, 1.807) is 0 Å². The van der Waals surface area contributed by atoms with Gasteiger partial charge in [0.2, 0.25) is 0 Å². The lowest BCUT2D eigenvalue weighted by Crippen LogP contribution is -2.20. The summed E-state index contributed by atoms with van der Waals surface area (Å²) in [6.07, 6.45) is 0.00681. The SMILES string of the molecule is Cc1cccc(C)c1[C@H](OCCN(C)C)c1ccccc1. The lowest BCUT2D eigenvalue weighted by molar-refractivity contribution is 0.0680. The third-order valence-electron chi connectivity index (χ3n) is 3.73. The van der Waals surface area contributed by atoms with Crippen LogP contribution >= 0.6 is 0 Å². The summed E-state index contributed by atoms with van der Waals surface area (Å²) in [5, 5.41) is 0. The van der Waals surface area contributed by atoms with E-state index in [2.05, 4.69) is 75.3 Å². The maximum Gasteiger partial charge on any atom is 0.108 e. The van der Waals surface area contributed by atoms with E-state index in [0.717, 1.165) is 13.2 Å². The Morgan fingerprint density at radius 2 is 1.52 bits per heavy atom. The fourth-order valence-electron chi connectivity index (χ4n) is 2.57. The van der Waals surface area contributed by atoms with E-state index in [4.69, 9.17) is 4.74 Å². The molecule has 0 aliphatic carbocycles. The first-order valence-electron chi connectivity index (χ1n) is 7.47. The maximum atomic E-state index is 6.25. The lowest BCUT2D eigenvalue weighted by Gasteiger charge is -2.23. The number of aryl methyl sites for hydroxylation is 2. The average Bonchev–Trinajstić information content (AvgIpc) is 2.46. The smallest absolute Gasteiger partial charge is 0.108 e. The molecule has 2 rings (SSSR count). The van der Waals surface area contributed by atoms with Gasteiger partial charge < -0.3 is 9.64 Å². The molecule has 2 heteroatoms. The summed E-state index contributed by atoms with van der Waals surface area (Å²) in [5.74, 6) is 0. The number of ether oxygens (including phenoxy) is 1. The minimum atomic E-state index is 0.00681. The normalized spacial score (nSPS) is 12.6. The topological polar surface area (TPSA) is 12.5 Å². The van der Waals surface area contributed by atoms with Crippen LogP contribution in [0.2, 0.25) is 0 Å². The molecule has 2 aromatic carbocycles. The van der Waals surface area contributed by atoms with E-state index < -0.39 is 0 Å². The van der Waals surface area contributed by atoms with Gasteiger partial charge in [-0.05, 0) is 50.2 Å². The van der Waals surface area contributed by atoms with Crippen LogP contribution in [0.1, 0.15) is 28.4 Å². The van der Waals surface area contributed by atoms with Crippen LogP contribution in [-0.4, -0.2) is 32.1 Å². The monoisotopic (exact) mass is 283 g/mol. The quantitative estimate of drug-likeness (QED) is 0.795. The predicted octanol–water partition coefficient (Wildman–Crippen LogP) is 3.97. The summed E-state index contributed by atoms with van der Waals surface area (Å²) in [7, 11) is 4.14. The van der Waals surface area contributed by atoms with Crippen molar-refractivity contribution in [3.05, 3.63) is 70.8 Å². The van der Waals surface area contributed by atoms with Crippen molar-refractivity contribution in [1.29, 1.82) is 0 Å². The van der Waals surface area contributed by atoms with Gasteiger partial charge in [-0.2, -0.15) is 0 Å². The first kappa shape index (κ1) is 15.7. The molecular formula is C19H25NO. The molecule has 2 nitrogen and oxygen atoms in total. The van der Waals surface area contributed by atoms with E-state index in [9.17, 15) is 0 Å². The van der Waals surface area contributed by atoms with E-state index >= 15 is 0 Å². The van der Waals surface area contributed by atoms with Crippen molar-refractivity contribution in [1.82, 2.24) is 4.90 Å². The number of rotatable bonds is 6. The molecule has 0 saturated carbocycles. The van der Waals surface area contributed by atoms with Gasteiger partial charge in [-0.3, -0.25) is 0 Å². The summed E-state index contributed by atoms with van der Waals surface area (Å²) in [5.41, 5.74) is 5.08. The molecule has 0 N–H and O–H groups in total. The number of nitrogens with zero attached hydrogens (tertiary/aromatic N) is 1. The second-order valence-electron chi connectivity index (χ2n) is 5.77. The van der Waals surface area contributed by atoms with Crippen molar-refractivity contribution >= 4 is 0 Å². The molecule has 1 atom stereocenters. The largest absolute Gasteiger partial charge is 0.367 e. The molecule has 0 unspecified atom stereocenters. The van der Waals surface area contributed by atoms with Crippen molar-refractivity contribution in [2.75, 3.05) is 27.2 Å². The highest BCUT2D eigenvalue weighted by Crippen LogP contribution is 2.30. The van der Waals surface area contributed by atoms with Gasteiger partial charge in [-0.15, -0.1) is 0 Å². The minimum Gasteiger partial charge on any atom is -0.367 e. The molecule has 0 aliphatic rings. The Morgan fingerprint density at radius 3 is 2.10 bits per heavy atom. The molecule has 0 aromatic heterocycles. The van der Waals surface area contributed by atoms with Gasteiger partial charge in [-0.1, -0.05) is 48.5 Å². The predicted molar refractivity (Wildman–Crippen MR) is 88.7 cm³/mol. The lowest BCUT2D eigenvalue weighted by atomic mass is 9.93. The Bertz CT molecular complexity index is 543. The van der Waals surface area contributed by atoms with E-state index in [0.29, 0.717) is 0 Å². The van der Waals surface area contributed by atoms with Crippen molar-refractivity contribution < 1.29 is 4.74 Å². The van der Waals surface area contributed by atoms with Crippen molar-refractivity contribution in [2.24, 2.45) is 0 Å². The zero-order valence-corrected chi connectivity index (χ0v) is 13.5. The molecule has 112 valence electrons. The van der Waals surface area contributed by atoms with Crippen LogP contribution in [0.15, 0.2) is 48.5 Å². The van der Waals surface area contributed by atoms with Gasteiger partial charge in [0.05, 0.1) is 6.61 Å². The van der Waals surface area contributed by atoms with Crippen LogP contribution < -0.4 is 0 Å². The van der Waals surface area contributed by atoms with Crippen LogP contribution in [0.25, 0.3) is 0 Å². The zero-order valence-electron chi connectivity index (χ0n) is 13.5. The molecule has 0 heterocycles. The summed E-state index contributed by atoms with van der Waals surface area (Å²) >= 11 is 0. The van der Waals surface area contributed by atoms with Gasteiger partial charge >= 0.3 is 0 Å². The van der Waals surface area contributed by atoms with Crippen LogP contribution in [0.4, 0.5) is 0 Å². The van der Waals surface area contributed by atoms with Crippen LogP contribution in [0.3, 0.4) is 0 Å². The Balaban J connectivity index is 2.32. The Morgan fingerprint density at radius 1 is 0.905 bits per heavy atom. The minimum absolute atomic E-state index is 0.00681. The molecular weight excluding hydrogens is 258 g/mol. The zero-order chi connectivity index (χ0) is 15.2. The second-order valence-corrected chi connectivity index (χ2v) is 5.77. The molecule has 21 heavy (non-hydrogen) atoms. The van der Waals surface area contributed by atoms with E-state index in [1.165, 1.54) is 22.3 Å². The Kier molecular flexibility index (Phi) is 5.54. The number of hydrogen-bond donors (Lipinski definition) is 0. The van der Waals surface area contributed by atoms with Gasteiger partial charge in [0, 0.05) is 6.54 Å². The fraction of sp³-hybridized carbons (Fsp3) is 0.368. The summed E-state index contributed by atoms with van der Waals surface area (Å²) in [6, 6.07) is 16.9. The van der Waals surface area contributed by atoms with Crippen LogP contribution in [0.5, 0.6) is 0 Å². The van der Waals surface area contributed by atoms with E-state index in [1.807, 2.05) is 6.07 Å². The first-order valence-corrected chi connectivity index (χ1v) is 7.47.